The van der Waals surface area contributed by atoms with Crippen LogP contribution < -0.4 is 10.0 Å². The second-order valence-electron chi connectivity index (χ2n) is 4.62. The molecule has 0 aromatic heterocycles. The molecule has 19 heavy (non-hydrogen) atoms. The summed E-state index contributed by atoms with van der Waals surface area (Å²) in [5.74, 6) is -2.32. The molecular formula is C12H16F2N2O2S. The van der Waals surface area contributed by atoms with Crippen LogP contribution in [0.15, 0.2) is 23.1 Å². The quantitative estimate of drug-likeness (QED) is 0.877. The van der Waals surface area contributed by atoms with Crippen LogP contribution in [0, 0.1) is 17.6 Å². The van der Waals surface area contributed by atoms with Crippen LogP contribution in [0.3, 0.4) is 0 Å². The van der Waals surface area contributed by atoms with Crippen molar-refractivity contribution in [1.82, 2.24) is 10.0 Å². The molecule has 106 valence electrons. The number of halogens is 2. The molecule has 0 saturated carbocycles. The maximum absolute atomic E-state index is 13.5. The zero-order valence-corrected chi connectivity index (χ0v) is 11.1. The highest BCUT2D eigenvalue weighted by molar-refractivity contribution is 7.89. The lowest BCUT2D eigenvalue weighted by Gasteiger charge is -2.22. The maximum Gasteiger partial charge on any atom is 0.243 e. The second-order valence-corrected chi connectivity index (χ2v) is 6.35. The molecule has 0 bridgehead atoms. The predicted molar refractivity (Wildman–Crippen MR) is 67.1 cm³/mol. The van der Waals surface area contributed by atoms with Crippen LogP contribution in [-0.4, -0.2) is 28.1 Å². The van der Waals surface area contributed by atoms with Crippen molar-refractivity contribution in [2.24, 2.45) is 5.92 Å². The molecule has 2 rings (SSSR count). The molecule has 1 atom stereocenters. The molecule has 0 amide bonds. The van der Waals surface area contributed by atoms with Crippen molar-refractivity contribution >= 4 is 10.0 Å². The van der Waals surface area contributed by atoms with Gasteiger partial charge in [-0.3, -0.25) is 0 Å². The van der Waals surface area contributed by atoms with Gasteiger partial charge in [-0.15, -0.1) is 0 Å². The number of hydrogen-bond donors (Lipinski definition) is 2. The molecule has 2 N–H and O–H groups in total. The van der Waals surface area contributed by atoms with Crippen LogP contribution in [0.4, 0.5) is 8.78 Å². The first-order valence-corrected chi connectivity index (χ1v) is 7.63. The van der Waals surface area contributed by atoms with Crippen molar-refractivity contribution in [2.45, 2.75) is 17.7 Å². The first-order valence-electron chi connectivity index (χ1n) is 6.15. The summed E-state index contributed by atoms with van der Waals surface area (Å²) >= 11 is 0. The minimum absolute atomic E-state index is 0.181. The van der Waals surface area contributed by atoms with Crippen LogP contribution >= 0.6 is 0 Å². The van der Waals surface area contributed by atoms with E-state index in [4.69, 9.17) is 0 Å². The van der Waals surface area contributed by atoms with Gasteiger partial charge in [0.15, 0.2) is 11.6 Å². The number of piperidine rings is 1. The Morgan fingerprint density at radius 2 is 2.16 bits per heavy atom. The standard InChI is InChI=1S/C12H16F2N2O2S/c13-10-4-1-5-11(12(10)14)19(17,18)16-8-9-3-2-6-15-7-9/h1,4-5,9,15-16H,2-3,6-8H2. The van der Waals surface area contributed by atoms with E-state index >= 15 is 0 Å². The van der Waals surface area contributed by atoms with E-state index in [2.05, 4.69) is 10.0 Å². The number of benzene rings is 1. The van der Waals surface area contributed by atoms with Gasteiger partial charge in [-0.05, 0) is 44.0 Å². The molecule has 1 unspecified atom stereocenters. The average molecular weight is 290 g/mol. The van der Waals surface area contributed by atoms with E-state index in [0.717, 1.165) is 38.1 Å². The van der Waals surface area contributed by atoms with Gasteiger partial charge in [-0.2, -0.15) is 0 Å². The van der Waals surface area contributed by atoms with Gasteiger partial charge in [0.2, 0.25) is 10.0 Å². The van der Waals surface area contributed by atoms with Crippen molar-refractivity contribution in [3.63, 3.8) is 0 Å². The highest BCUT2D eigenvalue weighted by Gasteiger charge is 2.23. The Morgan fingerprint density at radius 3 is 2.84 bits per heavy atom. The lowest BCUT2D eigenvalue weighted by molar-refractivity contribution is 0.375. The Hall–Kier alpha value is -1.05. The number of sulfonamides is 1. The Morgan fingerprint density at radius 1 is 1.37 bits per heavy atom. The summed E-state index contributed by atoms with van der Waals surface area (Å²) in [4.78, 5) is -0.642. The van der Waals surface area contributed by atoms with Gasteiger partial charge in [0.1, 0.15) is 4.90 Å². The summed E-state index contributed by atoms with van der Waals surface area (Å²) in [6.07, 6.45) is 1.90. The molecule has 1 aliphatic rings. The SMILES string of the molecule is O=S(=O)(NCC1CCCNC1)c1cccc(F)c1F. The smallest absolute Gasteiger partial charge is 0.243 e. The third kappa shape index (κ3) is 3.49. The molecule has 1 heterocycles. The fourth-order valence-electron chi connectivity index (χ4n) is 2.10. The van der Waals surface area contributed by atoms with E-state index in [1.165, 1.54) is 6.07 Å². The molecule has 1 aromatic carbocycles. The van der Waals surface area contributed by atoms with Gasteiger partial charge in [-0.1, -0.05) is 6.07 Å². The summed E-state index contributed by atoms with van der Waals surface area (Å²) in [6, 6.07) is 3.12. The number of rotatable bonds is 4. The van der Waals surface area contributed by atoms with Crippen LogP contribution in [0.1, 0.15) is 12.8 Å². The fourth-order valence-corrected chi connectivity index (χ4v) is 3.30. The van der Waals surface area contributed by atoms with Gasteiger partial charge in [0.05, 0.1) is 0 Å². The third-order valence-electron chi connectivity index (χ3n) is 3.17. The minimum Gasteiger partial charge on any atom is -0.316 e. The Labute approximate surface area is 111 Å². The second kappa shape index (κ2) is 5.94. The van der Waals surface area contributed by atoms with Crippen molar-refractivity contribution in [3.8, 4) is 0 Å². The van der Waals surface area contributed by atoms with E-state index in [9.17, 15) is 17.2 Å². The van der Waals surface area contributed by atoms with E-state index in [-0.39, 0.29) is 12.5 Å². The van der Waals surface area contributed by atoms with E-state index in [1.807, 2.05) is 0 Å². The van der Waals surface area contributed by atoms with Gasteiger partial charge in [-0.25, -0.2) is 21.9 Å². The van der Waals surface area contributed by atoms with E-state index in [0.29, 0.717) is 0 Å². The van der Waals surface area contributed by atoms with E-state index < -0.39 is 26.6 Å². The first kappa shape index (κ1) is 14.4. The Bertz CT molecular complexity index is 543. The molecular weight excluding hydrogens is 274 g/mol. The summed E-state index contributed by atoms with van der Waals surface area (Å²) < 4.78 is 52.6. The van der Waals surface area contributed by atoms with Gasteiger partial charge in [0.25, 0.3) is 0 Å². The predicted octanol–water partition coefficient (Wildman–Crippen LogP) is 1.24. The highest BCUT2D eigenvalue weighted by atomic mass is 32.2. The summed E-state index contributed by atoms with van der Waals surface area (Å²) in [7, 11) is -4.01. The Balaban J connectivity index is 2.07. The highest BCUT2D eigenvalue weighted by Crippen LogP contribution is 2.17. The lowest BCUT2D eigenvalue weighted by atomic mass is 10.0. The number of nitrogens with one attached hydrogen (secondary N) is 2. The minimum atomic E-state index is -4.01. The van der Waals surface area contributed by atoms with Crippen LogP contribution in [-0.2, 0) is 10.0 Å². The molecule has 0 radical (unpaired) electrons. The zero-order chi connectivity index (χ0) is 13.9. The van der Waals surface area contributed by atoms with Crippen molar-refractivity contribution in [3.05, 3.63) is 29.8 Å². The molecule has 0 spiro atoms. The van der Waals surface area contributed by atoms with Gasteiger partial charge < -0.3 is 5.32 Å². The van der Waals surface area contributed by atoms with Gasteiger partial charge in [0, 0.05) is 6.54 Å². The van der Waals surface area contributed by atoms with Crippen molar-refractivity contribution < 1.29 is 17.2 Å². The van der Waals surface area contributed by atoms with Crippen LogP contribution in [0.2, 0.25) is 0 Å². The van der Waals surface area contributed by atoms with Crippen LogP contribution in [0.25, 0.3) is 0 Å². The monoisotopic (exact) mass is 290 g/mol. The molecule has 0 aliphatic carbocycles. The Kier molecular flexibility index (Phi) is 4.49. The van der Waals surface area contributed by atoms with E-state index in [1.54, 1.807) is 0 Å². The molecule has 1 fully saturated rings. The molecule has 1 aromatic rings. The summed E-state index contributed by atoms with van der Waals surface area (Å²) in [5.41, 5.74) is 0. The zero-order valence-electron chi connectivity index (χ0n) is 10.3. The first-order chi connectivity index (χ1) is 9.00. The largest absolute Gasteiger partial charge is 0.316 e. The summed E-state index contributed by atoms with van der Waals surface area (Å²) in [6.45, 7) is 1.89. The summed E-state index contributed by atoms with van der Waals surface area (Å²) in [5, 5.41) is 3.16. The molecule has 7 heteroatoms. The molecule has 4 nitrogen and oxygen atoms in total. The fraction of sp³-hybridized carbons (Fsp3) is 0.500. The van der Waals surface area contributed by atoms with Crippen molar-refractivity contribution in [1.29, 1.82) is 0 Å². The molecule has 1 saturated heterocycles. The van der Waals surface area contributed by atoms with Gasteiger partial charge >= 0.3 is 0 Å². The topological polar surface area (TPSA) is 58.2 Å². The third-order valence-corrected chi connectivity index (χ3v) is 4.61. The van der Waals surface area contributed by atoms with Crippen LogP contribution in [0.5, 0.6) is 0 Å². The average Bonchev–Trinajstić information content (AvgIpc) is 2.41. The van der Waals surface area contributed by atoms with Crippen molar-refractivity contribution in [2.75, 3.05) is 19.6 Å². The number of hydrogen-bond acceptors (Lipinski definition) is 3. The molecule has 1 aliphatic heterocycles. The maximum atomic E-state index is 13.5. The lowest BCUT2D eigenvalue weighted by Crippen LogP contribution is -2.38. The normalized spacial score (nSPS) is 20.4.